The van der Waals surface area contributed by atoms with Gasteiger partial charge in [-0.2, -0.15) is 0 Å². The van der Waals surface area contributed by atoms with Crippen molar-refractivity contribution in [2.75, 3.05) is 0 Å². The van der Waals surface area contributed by atoms with Crippen molar-refractivity contribution in [2.45, 2.75) is 50.4 Å². The van der Waals surface area contributed by atoms with Crippen LogP contribution in [0.3, 0.4) is 0 Å². The number of imidazole rings is 1. The molecule has 0 spiro atoms. The maximum atomic E-state index is 13.1. The Morgan fingerprint density at radius 2 is 1.50 bits per heavy atom. The summed E-state index contributed by atoms with van der Waals surface area (Å²) in [4.78, 5) is 67.5. The number of amides is 3. The zero-order valence-electron chi connectivity index (χ0n) is 19.3. The molecule has 0 radical (unpaired) electrons. The zero-order chi connectivity index (χ0) is 26.8. The second kappa shape index (κ2) is 12.9. The number of hydrogen-bond donors (Lipinski definition) is 8. The van der Waals surface area contributed by atoms with Crippen molar-refractivity contribution >= 4 is 29.7 Å². The quantitative estimate of drug-likeness (QED) is 0.153. The third-order valence-electron chi connectivity index (χ3n) is 5.03. The Morgan fingerprint density at radius 3 is 2.03 bits per heavy atom. The standard InChI is InChI=1S/C22H28N6O8/c1-11(23)19(32)26-16(8-18(30)31)21(34)27-15(7-13-9-24-10-25-13)20(33)28-17(22(35)36)6-12-2-4-14(29)5-3-12/h2-5,9-11,15-17,29H,6-8,23H2,1H3,(H,24,25)(H,26,32)(H,27,34)(H,28,33)(H,30,31)(H,35,36). The minimum Gasteiger partial charge on any atom is -0.508 e. The van der Waals surface area contributed by atoms with Crippen LogP contribution in [0.1, 0.15) is 24.6 Å². The molecule has 14 nitrogen and oxygen atoms in total. The van der Waals surface area contributed by atoms with Crippen LogP contribution in [0.5, 0.6) is 5.75 Å². The number of benzene rings is 1. The summed E-state index contributed by atoms with van der Waals surface area (Å²) < 4.78 is 0. The molecule has 9 N–H and O–H groups in total. The number of carboxylic acids is 2. The van der Waals surface area contributed by atoms with E-state index in [0.29, 0.717) is 11.3 Å². The number of carbonyl (C=O) groups is 5. The van der Waals surface area contributed by atoms with Crippen LogP contribution in [0.2, 0.25) is 0 Å². The van der Waals surface area contributed by atoms with Crippen LogP contribution < -0.4 is 21.7 Å². The van der Waals surface area contributed by atoms with Gasteiger partial charge < -0.3 is 42.0 Å². The lowest BCUT2D eigenvalue weighted by Crippen LogP contribution is -2.58. The van der Waals surface area contributed by atoms with Crippen LogP contribution in [-0.4, -0.2) is 79.1 Å². The number of nitrogens with two attached hydrogens (primary N) is 1. The van der Waals surface area contributed by atoms with Gasteiger partial charge in [0.05, 0.1) is 18.8 Å². The third-order valence-corrected chi connectivity index (χ3v) is 5.03. The maximum absolute atomic E-state index is 13.1. The Morgan fingerprint density at radius 1 is 0.917 bits per heavy atom. The van der Waals surface area contributed by atoms with Crippen molar-refractivity contribution in [3.63, 3.8) is 0 Å². The van der Waals surface area contributed by atoms with Gasteiger partial charge in [-0.15, -0.1) is 0 Å². The predicted molar refractivity (Wildman–Crippen MR) is 123 cm³/mol. The van der Waals surface area contributed by atoms with E-state index in [1.165, 1.54) is 43.7 Å². The van der Waals surface area contributed by atoms with Crippen molar-refractivity contribution in [2.24, 2.45) is 5.73 Å². The number of hydrogen-bond acceptors (Lipinski definition) is 8. The lowest BCUT2D eigenvalue weighted by atomic mass is 10.0. The molecule has 0 saturated carbocycles. The van der Waals surface area contributed by atoms with Crippen LogP contribution in [-0.2, 0) is 36.8 Å². The molecule has 2 aromatic rings. The second-order valence-electron chi connectivity index (χ2n) is 8.06. The van der Waals surface area contributed by atoms with Gasteiger partial charge in [0.15, 0.2) is 0 Å². The van der Waals surface area contributed by atoms with Gasteiger partial charge in [-0.05, 0) is 24.6 Å². The summed E-state index contributed by atoms with van der Waals surface area (Å²) in [6, 6.07) is 0.462. The summed E-state index contributed by atoms with van der Waals surface area (Å²) in [5.41, 5.74) is 6.42. The second-order valence-corrected chi connectivity index (χ2v) is 8.06. The molecule has 1 heterocycles. The Kier molecular flexibility index (Phi) is 9.92. The molecule has 4 atom stereocenters. The number of nitrogens with zero attached hydrogens (tertiary/aromatic N) is 1. The van der Waals surface area contributed by atoms with E-state index >= 15 is 0 Å². The number of aliphatic carboxylic acids is 2. The first-order valence-corrected chi connectivity index (χ1v) is 10.8. The molecule has 3 amide bonds. The fourth-order valence-electron chi connectivity index (χ4n) is 3.13. The SMILES string of the molecule is CC(N)C(=O)NC(CC(=O)O)C(=O)NC(Cc1cnc[nH]1)C(=O)NC(Cc1ccc(O)cc1)C(=O)O. The normalized spacial score (nSPS) is 14.1. The highest BCUT2D eigenvalue weighted by Crippen LogP contribution is 2.12. The van der Waals surface area contributed by atoms with Gasteiger partial charge in [-0.25, -0.2) is 9.78 Å². The summed E-state index contributed by atoms with van der Waals surface area (Å²) in [6.45, 7) is 1.35. The smallest absolute Gasteiger partial charge is 0.326 e. The molecule has 4 unspecified atom stereocenters. The van der Waals surface area contributed by atoms with E-state index in [2.05, 4.69) is 25.9 Å². The number of H-pyrrole nitrogens is 1. The molecule has 14 heteroatoms. The number of carboxylic acid groups (broad SMARTS) is 2. The summed E-state index contributed by atoms with van der Waals surface area (Å²) >= 11 is 0. The van der Waals surface area contributed by atoms with Crippen molar-refractivity contribution in [3.05, 3.63) is 48.0 Å². The van der Waals surface area contributed by atoms with Crippen LogP contribution in [0, 0.1) is 0 Å². The third kappa shape index (κ3) is 8.72. The summed E-state index contributed by atoms with van der Waals surface area (Å²) in [7, 11) is 0. The number of phenolic OH excluding ortho intramolecular Hbond substituents is 1. The molecular formula is C22H28N6O8. The number of aromatic amines is 1. The Labute approximate surface area is 205 Å². The maximum Gasteiger partial charge on any atom is 0.326 e. The van der Waals surface area contributed by atoms with Crippen LogP contribution >= 0.6 is 0 Å². The molecule has 0 saturated heterocycles. The van der Waals surface area contributed by atoms with Gasteiger partial charge >= 0.3 is 11.9 Å². The van der Waals surface area contributed by atoms with Gasteiger partial charge in [-0.3, -0.25) is 19.2 Å². The minimum atomic E-state index is -1.54. The molecule has 1 aromatic carbocycles. The van der Waals surface area contributed by atoms with E-state index < -0.39 is 60.2 Å². The van der Waals surface area contributed by atoms with E-state index in [0.717, 1.165) is 0 Å². The lowest BCUT2D eigenvalue weighted by Gasteiger charge is -2.24. The van der Waals surface area contributed by atoms with E-state index in [1.54, 1.807) is 0 Å². The molecule has 194 valence electrons. The molecule has 0 aliphatic rings. The molecule has 0 fully saturated rings. The minimum absolute atomic E-state index is 0.0102. The molecule has 1 aromatic heterocycles. The monoisotopic (exact) mass is 504 g/mol. The van der Waals surface area contributed by atoms with Crippen LogP contribution in [0.4, 0.5) is 0 Å². The van der Waals surface area contributed by atoms with Crippen molar-refractivity contribution in [1.82, 2.24) is 25.9 Å². The highest BCUT2D eigenvalue weighted by Gasteiger charge is 2.31. The number of aromatic hydroxyl groups is 1. The van der Waals surface area contributed by atoms with Crippen molar-refractivity contribution in [1.29, 1.82) is 0 Å². The van der Waals surface area contributed by atoms with Gasteiger partial charge in [0.2, 0.25) is 17.7 Å². The summed E-state index contributed by atoms with van der Waals surface area (Å²) in [5.74, 6) is -5.34. The Hall–Kier alpha value is -4.46. The first kappa shape index (κ1) is 27.8. The lowest BCUT2D eigenvalue weighted by molar-refractivity contribution is -0.143. The van der Waals surface area contributed by atoms with E-state index in [-0.39, 0.29) is 18.6 Å². The van der Waals surface area contributed by atoms with Crippen LogP contribution in [0.15, 0.2) is 36.8 Å². The largest absolute Gasteiger partial charge is 0.508 e. The molecule has 0 bridgehead atoms. The molecule has 36 heavy (non-hydrogen) atoms. The summed E-state index contributed by atoms with van der Waals surface area (Å²) in [5, 5.41) is 35.1. The van der Waals surface area contributed by atoms with Crippen LogP contribution in [0.25, 0.3) is 0 Å². The van der Waals surface area contributed by atoms with E-state index in [4.69, 9.17) is 10.8 Å². The van der Waals surface area contributed by atoms with Crippen molar-refractivity contribution < 1.29 is 39.3 Å². The predicted octanol–water partition coefficient (Wildman–Crippen LogP) is -1.74. The summed E-state index contributed by atoms with van der Waals surface area (Å²) in [6.07, 6.45) is 1.71. The van der Waals surface area contributed by atoms with Crippen molar-refractivity contribution in [3.8, 4) is 5.75 Å². The highest BCUT2D eigenvalue weighted by molar-refractivity contribution is 5.95. The molecule has 2 rings (SSSR count). The zero-order valence-corrected chi connectivity index (χ0v) is 19.3. The number of nitrogens with one attached hydrogen (secondary N) is 4. The van der Waals surface area contributed by atoms with Gasteiger partial charge in [0.25, 0.3) is 0 Å². The Balaban J connectivity index is 2.21. The Bertz CT molecular complexity index is 1070. The first-order valence-electron chi connectivity index (χ1n) is 10.8. The van der Waals surface area contributed by atoms with Gasteiger partial charge in [-0.1, -0.05) is 12.1 Å². The van der Waals surface area contributed by atoms with E-state index in [1.807, 2.05) is 0 Å². The molecule has 0 aliphatic carbocycles. The van der Waals surface area contributed by atoms with Gasteiger partial charge in [0, 0.05) is 24.7 Å². The fourth-order valence-corrected chi connectivity index (χ4v) is 3.13. The topological polar surface area (TPSA) is 237 Å². The number of phenols is 1. The molecule has 0 aliphatic heterocycles. The number of aromatic nitrogens is 2. The van der Waals surface area contributed by atoms with Gasteiger partial charge in [0.1, 0.15) is 23.9 Å². The molecular weight excluding hydrogens is 476 g/mol. The van der Waals surface area contributed by atoms with E-state index in [9.17, 15) is 34.2 Å². The fraction of sp³-hybridized carbons (Fsp3) is 0.364. The highest BCUT2D eigenvalue weighted by atomic mass is 16.4. The first-order chi connectivity index (χ1) is 17.0. The average Bonchev–Trinajstić information content (AvgIpc) is 3.31. The number of carbonyl (C=O) groups excluding carboxylic acids is 3. The number of rotatable bonds is 13. The average molecular weight is 505 g/mol.